The van der Waals surface area contributed by atoms with Crippen LogP contribution in [-0.2, 0) is 4.74 Å². The summed E-state index contributed by atoms with van der Waals surface area (Å²) in [5.41, 5.74) is 0. The Morgan fingerprint density at radius 2 is 2.05 bits per heavy atom. The summed E-state index contributed by atoms with van der Waals surface area (Å²) in [5, 5.41) is 6.52. The van der Waals surface area contributed by atoms with Gasteiger partial charge in [-0.1, -0.05) is 0 Å². The first-order chi connectivity index (χ1) is 9.76. The van der Waals surface area contributed by atoms with Crippen LogP contribution in [0.25, 0.3) is 0 Å². The van der Waals surface area contributed by atoms with Crippen molar-refractivity contribution in [2.45, 2.75) is 13.3 Å². The van der Waals surface area contributed by atoms with Crippen molar-refractivity contribution < 1.29 is 4.74 Å². The van der Waals surface area contributed by atoms with Gasteiger partial charge in [0.25, 0.3) is 0 Å². The topological polar surface area (TPSA) is 52.1 Å². The number of hydrogen-bond acceptors (Lipinski definition) is 4. The van der Waals surface area contributed by atoms with E-state index < -0.39 is 0 Å². The molecule has 0 spiro atoms. The number of hydrogen-bond donors (Lipinski definition) is 2. The molecular formula is C14H31N5O. The lowest BCUT2D eigenvalue weighted by Crippen LogP contribution is -2.39. The Kier molecular flexibility index (Phi) is 9.36. The van der Waals surface area contributed by atoms with Gasteiger partial charge in [-0.25, -0.2) is 0 Å². The van der Waals surface area contributed by atoms with E-state index >= 15 is 0 Å². The number of guanidine groups is 1. The summed E-state index contributed by atoms with van der Waals surface area (Å²) in [7, 11) is 3.91. The van der Waals surface area contributed by atoms with Gasteiger partial charge in [0.05, 0.1) is 13.2 Å². The summed E-state index contributed by atoms with van der Waals surface area (Å²) in [6.07, 6.45) is 1.26. The molecular weight excluding hydrogens is 254 g/mol. The van der Waals surface area contributed by atoms with Gasteiger partial charge in [0.15, 0.2) is 5.96 Å². The van der Waals surface area contributed by atoms with Crippen molar-refractivity contribution in [2.24, 2.45) is 4.99 Å². The number of rotatable bonds is 7. The van der Waals surface area contributed by atoms with E-state index in [1.165, 1.54) is 19.5 Å². The summed E-state index contributed by atoms with van der Waals surface area (Å²) in [5.74, 6) is 0.886. The third kappa shape index (κ3) is 7.67. The van der Waals surface area contributed by atoms with Crippen LogP contribution in [0.3, 0.4) is 0 Å². The molecule has 0 bridgehead atoms. The van der Waals surface area contributed by atoms with Crippen LogP contribution in [0.1, 0.15) is 13.3 Å². The van der Waals surface area contributed by atoms with Gasteiger partial charge in [-0.2, -0.15) is 0 Å². The van der Waals surface area contributed by atoms with Crippen LogP contribution in [0.5, 0.6) is 0 Å². The maximum Gasteiger partial charge on any atom is 0.191 e. The molecule has 0 aliphatic carbocycles. The molecule has 118 valence electrons. The zero-order valence-electron chi connectivity index (χ0n) is 13.3. The first kappa shape index (κ1) is 17.2. The van der Waals surface area contributed by atoms with Gasteiger partial charge in [0, 0.05) is 39.8 Å². The predicted molar refractivity (Wildman–Crippen MR) is 84.4 cm³/mol. The van der Waals surface area contributed by atoms with Gasteiger partial charge in [0.1, 0.15) is 0 Å². The second kappa shape index (κ2) is 10.9. The van der Waals surface area contributed by atoms with Crippen molar-refractivity contribution in [3.05, 3.63) is 0 Å². The number of ether oxygens (including phenoxy) is 1. The molecule has 0 aromatic rings. The van der Waals surface area contributed by atoms with Crippen molar-refractivity contribution in [1.29, 1.82) is 0 Å². The maximum absolute atomic E-state index is 5.04. The van der Waals surface area contributed by atoms with Crippen LogP contribution < -0.4 is 10.6 Å². The Morgan fingerprint density at radius 1 is 1.20 bits per heavy atom. The summed E-state index contributed by atoms with van der Waals surface area (Å²) < 4.78 is 5.04. The van der Waals surface area contributed by atoms with Crippen molar-refractivity contribution in [1.82, 2.24) is 20.4 Å². The molecule has 1 heterocycles. The number of nitrogens with one attached hydrogen (secondary N) is 2. The summed E-state index contributed by atoms with van der Waals surface area (Å²) >= 11 is 0. The highest BCUT2D eigenvalue weighted by atomic mass is 16.5. The fourth-order valence-electron chi connectivity index (χ4n) is 2.24. The summed E-state index contributed by atoms with van der Waals surface area (Å²) in [6.45, 7) is 11.0. The van der Waals surface area contributed by atoms with Crippen LogP contribution in [-0.4, -0.2) is 88.9 Å². The van der Waals surface area contributed by atoms with Crippen molar-refractivity contribution in [3.8, 4) is 0 Å². The van der Waals surface area contributed by atoms with E-state index in [1.54, 1.807) is 7.11 Å². The Labute approximate surface area is 123 Å². The van der Waals surface area contributed by atoms with Crippen LogP contribution in [0.15, 0.2) is 4.99 Å². The fourth-order valence-corrected chi connectivity index (χ4v) is 2.24. The highest BCUT2D eigenvalue weighted by molar-refractivity contribution is 5.79. The van der Waals surface area contributed by atoms with E-state index in [9.17, 15) is 0 Å². The average molecular weight is 285 g/mol. The molecule has 1 aliphatic rings. The van der Waals surface area contributed by atoms with Gasteiger partial charge in [0.2, 0.25) is 0 Å². The molecule has 0 aromatic heterocycles. The lowest BCUT2D eigenvalue weighted by atomic mass is 10.4. The molecule has 6 nitrogen and oxygen atoms in total. The molecule has 0 aromatic carbocycles. The Morgan fingerprint density at radius 3 is 2.80 bits per heavy atom. The predicted octanol–water partition coefficient (Wildman–Crippen LogP) is -0.175. The molecule has 0 amide bonds. The van der Waals surface area contributed by atoms with Crippen molar-refractivity contribution >= 4 is 5.96 Å². The van der Waals surface area contributed by atoms with Crippen LogP contribution in [0, 0.1) is 0 Å². The summed E-state index contributed by atoms with van der Waals surface area (Å²) in [6, 6.07) is 0. The van der Waals surface area contributed by atoms with E-state index in [0.29, 0.717) is 6.61 Å². The van der Waals surface area contributed by atoms with Crippen LogP contribution in [0.2, 0.25) is 0 Å². The van der Waals surface area contributed by atoms with E-state index in [-0.39, 0.29) is 0 Å². The summed E-state index contributed by atoms with van der Waals surface area (Å²) in [4.78, 5) is 9.52. The third-order valence-corrected chi connectivity index (χ3v) is 3.44. The van der Waals surface area contributed by atoms with E-state index in [2.05, 4.69) is 39.4 Å². The molecule has 20 heavy (non-hydrogen) atoms. The van der Waals surface area contributed by atoms with Crippen molar-refractivity contribution in [3.63, 3.8) is 0 Å². The molecule has 0 radical (unpaired) electrons. The largest absolute Gasteiger partial charge is 0.383 e. The smallest absolute Gasteiger partial charge is 0.191 e. The Hall–Kier alpha value is -0.850. The second-order valence-electron chi connectivity index (χ2n) is 5.18. The first-order valence-electron chi connectivity index (χ1n) is 7.68. The molecule has 0 atom stereocenters. The zero-order valence-corrected chi connectivity index (χ0v) is 13.3. The van der Waals surface area contributed by atoms with Crippen LogP contribution in [0.4, 0.5) is 0 Å². The molecule has 1 saturated heterocycles. The van der Waals surface area contributed by atoms with Gasteiger partial charge in [-0.3, -0.25) is 4.99 Å². The first-order valence-corrected chi connectivity index (χ1v) is 7.68. The third-order valence-electron chi connectivity index (χ3n) is 3.44. The molecule has 1 aliphatic heterocycles. The number of likely N-dealkylation sites (N-methyl/N-ethyl adjacent to an activating group) is 1. The minimum atomic E-state index is 0.697. The van der Waals surface area contributed by atoms with Gasteiger partial charge >= 0.3 is 0 Å². The second-order valence-corrected chi connectivity index (χ2v) is 5.18. The number of nitrogens with zero attached hydrogens (tertiary/aromatic N) is 3. The van der Waals surface area contributed by atoms with Gasteiger partial charge in [-0.05, 0) is 33.5 Å². The monoisotopic (exact) mass is 285 g/mol. The van der Waals surface area contributed by atoms with Gasteiger partial charge in [-0.15, -0.1) is 0 Å². The van der Waals surface area contributed by atoms with Crippen molar-refractivity contribution in [2.75, 3.05) is 73.1 Å². The molecule has 6 heteroatoms. The zero-order chi connectivity index (χ0) is 14.6. The quantitative estimate of drug-likeness (QED) is 0.386. The van der Waals surface area contributed by atoms with Crippen LogP contribution >= 0.6 is 0 Å². The Bertz CT molecular complexity index is 272. The SMILES string of the molecule is CCNC(=NCCN1CCCN(C)CC1)NCCOC. The highest BCUT2D eigenvalue weighted by Crippen LogP contribution is 2.00. The molecule has 1 rings (SSSR count). The van der Waals surface area contributed by atoms with E-state index in [0.717, 1.165) is 45.2 Å². The normalized spacial score (nSPS) is 18.9. The maximum atomic E-state index is 5.04. The molecule has 2 N–H and O–H groups in total. The number of methoxy groups -OCH3 is 1. The van der Waals surface area contributed by atoms with Gasteiger partial charge < -0.3 is 25.2 Å². The van der Waals surface area contributed by atoms with E-state index in [1.807, 2.05) is 0 Å². The molecule has 0 unspecified atom stereocenters. The standard InChI is InChI=1S/C14H31N5O/c1-4-15-14(17-7-13-20-3)16-6-10-19-9-5-8-18(2)11-12-19/h4-13H2,1-3H3,(H2,15,16,17). The Balaban J connectivity index is 2.27. The fraction of sp³-hybridized carbons (Fsp3) is 0.929. The lowest BCUT2D eigenvalue weighted by molar-refractivity contribution is 0.203. The number of aliphatic imine (C=N–C) groups is 1. The minimum Gasteiger partial charge on any atom is -0.383 e. The lowest BCUT2D eigenvalue weighted by Gasteiger charge is -2.19. The highest BCUT2D eigenvalue weighted by Gasteiger charge is 2.11. The van der Waals surface area contributed by atoms with E-state index in [4.69, 9.17) is 4.74 Å². The average Bonchev–Trinajstić information content (AvgIpc) is 2.64. The molecule has 0 saturated carbocycles. The minimum absolute atomic E-state index is 0.697. The molecule has 1 fully saturated rings.